The smallest absolute Gasteiger partial charge is 0.241 e. The second-order valence-electron chi connectivity index (χ2n) is 4.20. The van der Waals surface area contributed by atoms with Crippen molar-refractivity contribution in [1.82, 2.24) is 4.72 Å². The number of rotatable bonds is 6. The van der Waals surface area contributed by atoms with Crippen molar-refractivity contribution in [3.05, 3.63) is 52.4 Å². The fourth-order valence-corrected chi connectivity index (χ4v) is 3.89. The Bertz CT molecular complexity index is 669. The van der Waals surface area contributed by atoms with Crippen LogP contribution in [0.4, 0.5) is 0 Å². The summed E-state index contributed by atoms with van der Waals surface area (Å²) in [6.07, 6.45) is 2.07. The molecule has 0 spiro atoms. The Kier molecular flexibility index (Phi) is 4.98. The van der Waals surface area contributed by atoms with Crippen LogP contribution in [0.3, 0.4) is 0 Å². The molecule has 0 radical (unpaired) electrons. The molecule has 0 bridgehead atoms. The van der Waals surface area contributed by atoms with Gasteiger partial charge in [0.1, 0.15) is 5.76 Å². The van der Waals surface area contributed by atoms with Crippen LogP contribution in [0.2, 0.25) is 0 Å². The summed E-state index contributed by atoms with van der Waals surface area (Å²) in [5.41, 5.74) is 6.38. The molecule has 1 aromatic carbocycles. The van der Waals surface area contributed by atoms with Crippen LogP contribution in [0.1, 0.15) is 11.3 Å². The van der Waals surface area contributed by atoms with E-state index in [1.54, 1.807) is 36.6 Å². The van der Waals surface area contributed by atoms with Crippen molar-refractivity contribution in [3.8, 4) is 0 Å². The van der Waals surface area contributed by atoms with E-state index in [9.17, 15) is 8.42 Å². The van der Waals surface area contributed by atoms with Gasteiger partial charge in [-0.2, -0.15) is 0 Å². The summed E-state index contributed by atoms with van der Waals surface area (Å²) in [5, 5.41) is 0. The SMILES string of the molecule is NCc1ccc(S(=O)(=O)NCCc2ccco2)c(Br)c1. The molecule has 0 aliphatic heterocycles. The van der Waals surface area contributed by atoms with Crippen LogP contribution >= 0.6 is 15.9 Å². The zero-order valence-corrected chi connectivity index (χ0v) is 13.1. The van der Waals surface area contributed by atoms with Crippen LogP contribution in [-0.4, -0.2) is 15.0 Å². The molecule has 0 saturated carbocycles. The molecule has 1 aromatic heterocycles. The molecule has 0 atom stereocenters. The second-order valence-corrected chi connectivity index (χ2v) is 6.79. The number of hydrogen-bond acceptors (Lipinski definition) is 4. The number of nitrogens with one attached hydrogen (secondary N) is 1. The maximum Gasteiger partial charge on any atom is 0.241 e. The molecule has 0 aliphatic rings. The van der Waals surface area contributed by atoms with E-state index in [1.807, 2.05) is 0 Å². The van der Waals surface area contributed by atoms with Gasteiger partial charge in [0, 0.05) is 24.0 Å². The van der Waals surface area contributed by atoms with Gasteiger partial charge in [-0.05, 0) is 45.8 Å². The molecule has 0 fully saturated rings. The van der Waals surface area contributed by atoms with Gasteiger partial charge in [-0.3, -0.25) is 0 Å². The molecule has 108 valence electrons. The van der Waals surface area contributed by atoms with E-state index in [0.717, 1.165) is 11.3 Å². The van der Waals surface area contributed by atoms with Crippen LogP contribution in [0, 0.1) is 0 Å². The van der Waals surface area contributed by atoms with E-state index in [1.165, 1.54) is 0 Å². The minimum atomic E-state index is -3.55. The molecule has 0 amide bonds. The highest BCUT2D eigenvalue weighted by Crippen LogP contribution is 2.23. The number of furan rings is 1. The normalized spacial score (nSPS) is 11.7. The van der Waals surface area contributed by atoms with Gasteiger partial charge in [-0.1, -0.05) is 6.07 Å². The Hall–Kier alpha value is -1.15. The molecular weight excluding hydrogens is 344 g/mol. The van der Waals surface area contributed by atoms with Crippen molar-refractivity contribution in [3.63, 3.8) is 0 Å². The van der Waals surface area contributed by atoms with Crippen LogP contribution in [0.15, 0.2) is 50.4 Å². The molecule has 5 nitrogen and oxygen atoms in total. The summed E-state index contributed by atoms with van der Waals surface area (Å²) in [6.45, 7) is 0.645. The Labute approximate surface area is 126 Å². The summed E-state index contributed by atoms with van der Waals surface area (Å²) in [7, 11) is -3.55. The highest BCUT2D eigenvalue weighted by molar-refractivity contribution is 9.10. The number of nitrogens with two attached hydrogens (primary N) is 1. The fraction of sp³-hybridized carbons (Fsp3) is 0.231. The first-order valence-electron chi connectivity index (χ1n) is 6.03. The van der Waals surface area contributed by atoms with Gasteiger partial charge >= 0.3 is 0 Å². The van der Waals surface area contributed by atoms with Gasteiger partial charge < -0.3 is 10.2 Å². The number of benzene rings is 1. The molecule has 0 unspecified atom stereocenters. The Morgan fingerprint density at radius 3 is 2.70 bits per heavy atom. The first-order valence-corrected chi connectivity index (χ1v) is 8.31. The van der Waals surface area contributed by atoms with Crippen molar-refractivity contribution < 1.29 is 12.8 Å². The van der Waals surface area contributed by atoms with Crippen LogP contribution in [-0.2, 0) is 23.0 Å². The van der Waals surface area contributed by atoms with E-state index < -0.39 is 10.0 Å². The van der Waals surface area contributed by atoms with Gasteiger partial charge in [-0.25, -0.2) is 13.1 Å². The van der Waals surface area contributed by atoms with Crippen molar-refractivity contribution >= 4 is 26.0 Å². The summed E-state index contributed by atoms with van der Waals surface area (Å²) >= 11 is 3.26. The van der Waals surface area contributed by atoms with Gasteiger partial charge in [0.2, 0.25) is 10.0 Å². The summed E-state index contributed by atoms with van der Waals surface area (Å²) in [4.78, 5) is 0.203. The Balaban J connectivity index is 2.06. The monoisotopic (exact) mass is 358 g/mol. The molecule has 1 heterocycles. The lowest BCUT2D eigenvalue weighted by Gasteiger charge is -2.09. The second kappa shape index (κ2) is 6.53. The van der Waals surface area contributed by atoms with Gasteiger partial charge in [0.15, 0.2) is 0 Å². The molecule has 2 aromatic rings. The van der Waals surface area contributed by atoms with Gasteiger partial charge in [-0.15, -0.1) is 0 Å². The summed E-state index contributed by atoms with van der Waals surface area (Å²) < 4.78 is 32.6. The van der Waals surface area contributed by atoms with E-state index in [0.29, 0.717) is 17.4 Å². The Morgan fingerprint density at radius 1 is 1.30 bits per heavy atom. The van der Waals surface area contributed by atoms with Crippen molar-refractivity contribution in [2.24, 2.45) is 5.73 Å². The minimum absolute atomic E-state index is 0.203. The van der Waals surface area contributed by atoms with Crippen molar-refractivity contribution in [1.29, 1.82) is 0 Å². The van der Waals surface area contributed by atoms with E-state index in [2.05, 4.69) is 20.7 Å². The average molecular weight is 359 g/mol. The third-order valence-corrected chi connectivity index (χ3v) is 5.20. The highest BCUT2D eigenvalue weighted by atomic mass is 79.9. The molecule has 2 rings (SSSR count). The lowest BCUT2D eigenvalue weighted by Crippen LogP contribution is -2.26. The first kappa shape index (κ1) is 15.2. The van der Waals surface area contributed by atoms with Crippen LogP contribution < -0.4 is 10.5 Å². The maximum atomic E-state index is 12.2. The molecule has 0 saturated heterocycles. The standard InChI is InChI=1S/C13H15BrN2O3S/c14-12-8-10(9-15)3-4-13(12)20(17,18)16-6-5-11-2-1-7-19-11/h1-4,7-8,16H,5-6,9,15H2. The molecule has 0 aliphatic carbocycles. The molecule has 3 N–H and O–H groups in total. The predicted molar refractivity (Wildman–Crippen MR) is 79.6 cm³/mol. The van der Waals surface area contributed by atoms with Crippen molar-refractivity contribution in [2.75, 3.05) is 6.54 Å². The lowest BCUT2D eigenvalue weighted by molar-refractivity contribution is 0.506. The van der Waals surface area contributed by atoms with Crippen molar-refractivity contribution in [2.45, 2.75) is 17.9 Å². The molecular formula is C13H15BrN2O3S. The largest absolute Gasteiger partial charge is 0.469 e. The van der Waals surface area contributed by atoms with E-state index >= 15 is 0 Å². The fourth-order valence-electron chi connectivity index (χ4n) is 1.73. The third kappa shape index (κ3) is 3.69. The van der Waals surface area contributed by atoms with E-state index in [-0.39, 0.29) is 11.4 Å². The molecule has 20 heavy (non-hydrogen) atoms. The Morgan fingerprint density at radius 2 is 2.10 bits per heavy atom. The minimum Gasteiger partial charge on any atom is -0.469 e. The quantitative estimate of drug-likeness (QED) is 0.826. The van der Waals surface area contributed by atoms with Crippen LogP contribution in [0.25, 0.3) is 0 Å². The number of hydrogen-bond donors (Lipinski definition) is 2. The molecule has 7 heteroatoms. The van der Waals surface area contributed by atoms with Crippen LogP contribution in [0.5, 0.6) is 0 Å². The highest BCUT2D eigenvalue weighted by Gasteiger charge is 2.17. The average Bonchev–Trinajstić information content (AvgIpc) is 2.91. The van der Waals surface area contributed by atoms with E-state index in [4.69, 9.17) is 10.2 Å². The third-order valence-electron chi connectivity index (χ3n) is 2.77. The summed E-state index contributed by atoms with van der Waals surface area (Å²) in [6, 6.07) is 8.53. The number of halogens is 1. The zero-order chi connectivity index (χ0) is 14.6. The summed E-state index contributed by atoms with van der Waals surface area (Å²) in [5.74, 6) is 0.741. The number of sulfonamides is 1. The zero-order valence-electron chi connectivity index (χ0n) is 10.7. The lowest BCUT2D eigenvalue weighted by atomic mass is 10.2. The maximum absolute atomic E-state index is 12.2. The van der Waals surface area contributed by atoms with Gasteiger partial charge in [0.05, 0.1) is 11.2 Å². The predicted octanol–water partition coefficient (Wildman–Crippen LogP) is 2.02. The first-order chi connectivity index (χ1) is 9.53. The van der Waals surface area contributed by atoms with Gasteiger partial charge in [0.25, 0.3) is 0 Å². The topological polar surface area (TPSA) is 85.3 Å².